The van der Waals surface area contributed by atoms with Crippen molar-refractivity contribution in [2.24, 2.45) is 0 Å². The number of para-hydroxylation sites is 1. The molecule has 0 unspecified atom stereocenters. The van der Waals surface area contributed by atoms with Gasteiger partial charge < -0.3 is 9.88 Å². The van der Waals surface area contributed by atoms with Gasteiger partial charge in [0.25, 0.3) is 5.91 Å². The van der Waals surface area contributed by atoms with Crippen LogP contribution >= 0.6 is 22.9 Å². The number of hydrogen-bond acceptors (Lipinski definition) is 5. The van der Waals surface area contributed by atoms with Crippen molar-refractivity contribution in [1.29, 1.82) is 0 Å². The number of aromatic nitrogens is 5. The number of carbonyl (C=O) groups excluding carboxylic acids is 1. The Hall–Kier alpha value is -2.99. The van der Waals surface area contributed by atoms with Gasteiger partial charge in [0.05, 0.1) is 28.0 Å². The van der Waals surface area contributed by atoms with Crippen LogP contribution < -0.4 is 0 Å². The molecule has 0 fully saturated rings. The average molecular weight is 485 g/mol. The lowest BCUT2D eigenvalue weighted by Gasteiger charge is -2.33. The highest BCUT2D eigenvalue weighted by atomic mass is 35.5. The Kier molecular flexibility index (Phi) is 4.93. The van der Waals surface area contributed by atoms with Gasteiger partial charge in [-0.2, -0.15) is 18.3 Å². The summed E-state index contributed by atoms with van der Waals surface area (Å²) in [4.78, 5) is 26.5. The van der Waals surface area contributed by atoms with E-state index in [4.69, 9.17) is 11.6 Å². The number of hydrogen-bond donors (Lipinski definition) is 1. The molecule has 7 nitrogen and oxygen atoms in total. The van der Waals surface area contributed by atoms with Gasteiger partial charge in [0.15, 0.2) is 5.15 Å². The summed E-state index contributed by atoms with van der Waals surface area (Å²) in [6.07, 6.45) is -1.61. The van der Waals surface area contributed by atoms with E-state index in [1.807, 2.05) is 0 Å². The summed E-state index contributed by atoms with van der Waals surface area (Å²) in [5.41, 5.74) is 1.37. The van der Waals surface area contributed by atoms with Crippen LogP contribution in [0.25, 0.3) is 10.2 Å². The predicted octanol–water partition coefficient (Wildman–Crippen LogP) is 4.36. The molecule has 1 aromatic carbocycles. The number of amides is 1. The molecule has 1 atom stereocenters. The van der Waals surface area contributed by atoms with Gasteiger partial charge in [0, 0.05) is 19.2 Å². The van der Waals surface area contributed by atoms with Gasteiger partial charge >= 0.3 is 6.18 Å². The molecule has 32 heavy (non-hydrogen) atoms. The molecule has 4 aromatic rings. The normalized spacial score (nSPS) is 16.5. The number of benzene rings is 1. The molecule has 1 N–H and O–H groups in total. The first-order chi connectivity index (χ1) is 15.2. The lowest BCUT2D eigenvalue weighted by molar-refractivity contribution is -0.142. The van der Waals surface area contributed by atoms with Gasteiger partial charge in [-0.1, -0.05) is 17.7 Å². The number of nitrogens with zero attached hydrogens (tertiary/aromatic N) is 5. The molecule has 0 radical (unpaired) electrons. The van der Waals surface area contributed by atoms with Crippen LogP contribution in [-0.4, -0.2) is 48.3 Å². The van der Waals surface area contributed by atoms with Crippen molar-refractivity contribution in [3.8, 4) is 0 Å². The average Bonchev–Trinajstić information content (AvgIpc) is 3.43. The zero-order chi connectivity index (χ0) is 22.6. The number of carbonyl (C=O) groups is 1. The molecule has 0 saturated carbocycles. The van der Waals surface area contributed by atoms with Crippen LogP contribution in [0.5, 0.6) is 0 Å². The number of H-pyrrole nitrogens is 1. The molecule has 0 bridgehead atoms. The molecule has 5 rings (SSSR count). The number of aromatic amines is 1. The minimum absolute atomic E-state index is 0.156. The highest BCUT2D eigenvalue weighted by Gasteiger charge is 2.38. The summed E-state index contributed by atoms with van der Waals surface area (Å²) in [6, 6.07) is 3.86. The Labute approximate surface area is 186 Å². The van der Waals surface area contributed by atoms with E-state index in [9.17, 15) is 22.4 Å². The molecule has 166 valence electrons. The molecule has 0 spiro atoms. The van der Waals surface area contributed by atoms with Crippen molar-refractivity contribution in [3.63, 3.8) is 0 Å². The molecule has 1 amide bonds. The molecule has 4 heterocycles. The second kappa shape index (κ2) is 7.55. The summed E-state index contributed by atoms with van der Waals surface area (Å²) in [6.45, 7) is -1.15. The molecule has 13 heteroatoms. The van der Waals surface area contributed by atoms with Gasteiger partial charge in [-0.15, -0.1) is 11.3 Å². The zero-order valence-electron chi connectivity index (χ0n) is 16.0. The fourth-order valence-corrected chi connectivity index (χ4v) is 5.10. The molecule has 0 saturated heterocycles. The Morgan fingerprint density at radius 3 is 2.91 bits per heavy atom. The molecule has 3 aromatic heterocycles. The van der Waals surface area contributed by atoms with Crippen molar-refractivity contribution in [3.05, 3.63) is 63.7 Å². The number of alkyl halides is 3. The zero-order valence-corrected chi connectivity index (χ0v) is 17.6. The number of halogens is 5. The second-order valence-electron chi connectivity index (χ2n) is 7.20. The minimum atomic E-state index is -4.51. The van der Waals surface area contributed by atoms with Crippen LogP contribution in [0.1, 0.15) is 32.8 Å². The van der Waals surface area contributed by atoms with Crippen molar-refractivity contribution < 1.29 is 22.4 Å². The van der Waals surface area contributed by atoms with E-state index in [1.54, 1.807) is 12.1 Å². The first-order valence-corrected chi connectivity index (χ1v) is 10.6. The van der Waals surface area contributed by atoms with Crippen LogP contribution in [0, 0.1) is 5.82 Å². The van der Waals surface area contributed by atoms with E-state index in [2.05, 4.69) is 20.1 Å². The maximum Gasteiger partial charge on any atom is 0.408 e. The number of thiazole rings is 1. The lowest BCUT2D eigenvalue weighted by atomic mass is 10.0. The third-order valence-electron chi connectivity index (χ3n) is 5.10. The standard InChI is InChI=1S/C19H13ClF4N6OS/c20-16-9(6-29(28-16)7-19(22,23)24)18(31)30-5-4-11-14(26-8-25-11)15(30)17-27-13-10(21)2-1-3-12(13)32-17/h1-3,6,8,15H,4-5,7H2,(H,25,26)/t15-/m0/s1. The van der Waals surface area contributed by atoms with Gasteiger partial charge in [0.2, 0.25) is 0 Å². The molecular weight excluding hydrogens is 472 g/mol. The Balaban J connectivity index is 1.57. The number of fused-ring (bicyclic) bond motifs is 2. The lowest BCUT2D eigenvalue weighted by Crippen LogP contribution is -2.40. The van der Waals surface area contributed by atoms with E-state index in [0.29, 0.717) is 26.5 Å². The first-order valence-electron chi connectivity index (χ1n) is 9.39. The van der Waals surface area contributed by atoms with Crippen LogP contribution in [-0.2, 0) is 13.0 Å². The number of rotatable bonds is 3. The van der Waals surface area contributed by atoms with Crippen LogP contribution in [0.3, 0.4) is 0 Å². The molecule has 0 aliphatic carbocycles. The highest BCUT2D eigenvalue weighted by molar-refractivity contribution is 7.18. The van der Waals surface area contributed by atoms with Crippen molar-refractivity contribution >= 4 is 39.1 Å². The summed E-state index contributed by atoms with van der Waals surface area (Å²) in [5.74, 6) is -1.09. The van der Waals surface area contributed by atoms with E-state index in [-0.39, 0.29) is 22.8 Å². The molecule has 1 aliphatic heterocycles. The number of imidazole rings is 1. The van der Waals surface area contributed by atoms with Crippen molar-refractivity contribution in [2.45, 2.75) is 25.2 Å². The van der Waals surface area contributed by atoms with Crippen LogP contribution in [0.2, 0.25) is 5.15 Å². The summed E-state index contributed by atoms with van der Waals surface area (Å²) in [7, 11) is 0. The van der Waals surface area contributed by atoms with Crippen LogP contribution in [0.15, 0.2) is 30.7 Å². The third kappa shape index (κ3) is 3.62. The van der Waals surface area contributed by atoms with E-state index < -0.39 is 30.5 Å². The fraction of sp³-hybridized carbons (Fsp3) is 0.263. The van der Waals surface area contributed by atoms with Crippen molar-refractivity contribution in [2.75, 3.05) is 6.54 Å². The maximum atomic E-state index is 14.2. The summed E-state index contributed by atoms with van der Waals surface area (Å²) in [5, 5.41) is 3.74. The van der Waals surface area contributed by atoms with E-state index in [1.165, 1.54) is 28.6 Å². The molecule has 1 aliphatic rings. The maximum absolute atomic E-state index is 14.2. The number of nitrogens with one attached hydrogen (secondary N) is 1. The van der Waals surface area contributed by atoms with E-state index in [0.717, 1.165) is 11.9 Å². The smallest absolute Gasteiger partial charge is 0.346 e. The second-order valence-corrected chi connectivity index (χ2v) is 8.62. The fourth-order valence-electron chi connectivity index (χ4n) is 3.77. The first kappa shape index (κ1) is 20.9. The predicted molar refractivity (Wildman–Crippen MR) is 108 cm³/mol. The van der Waals surface area contributed by atoms with E-state index >= 15 is 0 Å². The van der Waals surface area contributed by atoms with Gasteiger partial charge in [-0.05, 0) is 12.1 Å². The Bertz CT molecular complexity index is 1330. The van der Waals surface area contributed by atoms with Gasteiger partial charge in [0.1, 0.15) is 28.9 Å². The Morgan fingerprint density at radius 1 is 1.34 bits per heavy atom. The quantitative estimate of drug-likeness (QED) is 0.438. The summed E-state index contributed by atoms with van der Waals surface area (Å²) >= 11 is 7.24. The topological polar surface area (TPSA) is 79.7 Å². The largest absolute Gasteiger partial charge is 0.408 e. The third-order valence-corrected chi connectivity index (χ3v) is 6.45. The minimum Gasteiger partial charge on any atom is -0.346 e. The highest BCUT2D eigenvalue weighted by Crippen LogP contribution is 2.39. The van der Waals surface area contributed by atoms with Gasteiger partial charge in [-0.3, -0.25) is 9.48 Å². The van der Waals surface area contributed by atoms with Crippen LogP contribution in [0.4, 0.5) is 17.6 Å². The summed E-state index contributed by atoms with van der Waals surface area (Å²) < 4.78 is 53.6. The van der Waals surface area contributed by atoms with Crippen molar-refractivity contribution in [1.82, 2.24) is 29.6 Å². The SMILES string of the molecule is O=C(c1cn(CC(F)(F)F)nc1Cl)N1CCc2nc[nH]c2[C@H]1c1nc2c(F)cccc2s1. The van der Waals surface area contributed by atoms with Gasteiger partial charge in [-0.25, -0.2) is 14.4 Å². The molecular formula is C19H13ClF4N6OS. The monoisotopic (exact) mass is 484 g/mol. The Morgan fingerprint density at radius 2 is 2.16 bits per heavy atom.